The zero-order valence-electron chi connectivity index (χ0n) is 11.2. The maximum Gasteiger partial charge on any atom is 0.242 e. The smallest absolute Gasteiger partial charge is 0.242 e. The molecule has 0 fully saturated rings. The number of hydrogen-bond donors (Lipinski definition) is 1. The van der Waals surface area contributed by atoms with Crippen LogP contribution in [0.4, 0.5) is 0 Å². The third-order valence-electron chi connectivity index (χ3n) is 2.08. The zero-order chi connectivity index (χ0) is 12.7. The van der Waals surface area contributed by atoms with Crippen LogP contribution in [0.3, 0.4) is 0 Å². The average molecular weight is 241 g/mol. The van der Waals surface area contributed by atoms with Crippen molar-refractivity contribution in [1.29, 1.82) is 0 Å². The fraction of sp³-hybridized carbons (Fsp3) is 0.833. The molecule has 0 amide bonds. The lowest BCUT2D eigenvalue weighted by Gasteiger charge is -2.17. The Balaban J connectivity index is 2.28. The summed E-state index contributed by atoms with van der Waals surface area (Å²) in [7, 11) is 0. The first kappa shape index (κ1) is 14.1. The average Bonchev–Trinajstić information content (AvgIpc) is 2.69. The van der Waals surface area contributed by atoms with Gasteiger partial charge in [0.2, 0.25) is 11.8 Å². The van der Waals surface area contributed by atoms with Gasteiger partial charge in [-0.15, -0.1) is 10.2 Å². The van der Waals surface area contributed by atoms with Crippen LogP contribution in [0.2, 0.25) is 0 Å². The van der Waals surface area contributed by atoms with Gasteiger partial charge in [-0.05, 0) is 33.7 Å². The van der Waals surface area contributed by atoms with Gasteiger partial charge in [0, 0.05) is 13.0 Å². The molecule has 17 heavy (non-hydrogen) atoms. The first-order valence-electron chi connectivity index (χ1n) is 6.17. The minimum Gasteiger partial charge on any atom is -0.423 e. The van der Waals surface area contributed by atoms with Crippen LogP contribution in [0.5, 0.6) is 0 Å². The molecule has 0 bridgehead atoms. The molecule has 0 aliphatic rings. The van der Waals surface area contributed by atoms with E-state index in [0.29, 0.717) is 18.4 Å². The van der Waals surface area contributed by atoms with E-state index in [-0.39, 0.29) is 5.60 Å². The summed E-state index contributed by atoms with van der Waals surface area (Å²) < 4.78 is 11.0. The summed E-state index contributed by atoms with van der Waals surface area (Å²) in [6.45, 7) is 10.4. The topological polar surface area (TPSA) is 60.2 Å². The minimum absolute atomic E-state index is 0.183. The summed E-state index contributed by atoms with van der Waals surface area (Å²) in [4.78, 5) is 0. The first-order chi connectivity index (χ1) is 8.01. The molecule has 1 rings (SSSR count). The number of nitrogens with one attached hydrogen (secondary N) is 1. The lowest BCUT2D eigenvalue weighted by Crippen LogP contribution is -2.18. The van der Waals surface area contributed by atoms with Crippen molar-refractivity contribution in [2.75, 3.05) is 13.1 Å². The van der Waals surface area contributed by atoms with Gasteiger partial charge in [-0.3, -0.25) is 0 Å². The van der Waals surface area contributed by atoms with Gasteiger partial charge < -0.3 is 14.5 Å². The fourth-order valence-corrected chi connectivity index (χ4v) is 1.22. The standard InChI is InChI=1S/C12H23N3O2/c1-5-7-13-8-6-10-14-15-11(17-10)9-16-12(2,3)4/h13H,5-9H2,1-4H3. The van der Waals surface area contributed by atoms with Crippen LogP contribution in [-0.2, 0) is 17.8 Å². The van der Waals surface area contributed by atoms with E-state index in [1.54, 1.807) is 0 Å². The molecule has 0 radical (unpaired) electrons. The number of rotatable bonds is 7. The molecule has 0 atom stereocenters. The van der Waals surface area contributed by atoms with Gasteiger partial charge >= 0.3 is 0 Å². The van der Waals surface area contributed by atoms with Gasteiger partial charge in [0.1, 0.15) is 6.61 Å². The van der Waals surface area contributed by atoms with E-state index >= 15 is 0 Å². The third kappa shape index (κ3) is 6.38. The number of hydrogen-bond acceptors (Lipinski definition) is 5. The van der Waals surface area contributed by atoms with Crippen LogP contribution in [0.1, 0.15) is 45.9 Å². The molecule has 5 nitrogen and oxygen atoms in total. The van der Waals surface area contributed by atoms with Crippen LogP contribution in [0, 0.1) is 0 Å². The normalized spacial score (nSPS) is 12.0. The predicted octanol–water partition coefficient (Wildman–Crippen LogP) is 1.93. The second-order valence-corrected chi connectivity index (χ2v) is 4.99. The highest BCUT2D eigenvalue weighted by molar-refractivity contribution is 4.81. The number of aromatic nitrogens is 2. The maximum absolute atomic E-state index is 5.56. The van der Waals surface area contributed by atoms with Crippen molar-refractivity contribution in [3.8, 4) is 0 Å². The van der Waals surface area contributed by atoms with Crippen LogP contribution in [0.25, 0.3) is 0 Å². The molecule has 1 N–H and O–H groups in total. The van der Waals surface area contributed by atoms with Crippen molar-refractivity contribution in [1.82, 2.24) is 15.5 Å². The van der Waals surface area contributed by atoms with Crippen LogP contribution < -0.4 is 5.32 Å². The Labute approximate surface area is 103 Å². The Kier molecular flexibility index (Phi) is 5.58. The van der Waals surface area contributed by atoms with E-state index in [4.69, 9.17) is 9.15 Å². The number of ether oxygens (including phenoxy) is 1. The Morgan fingerprint density at radius 3 is 2.53 bits per heavy atom. The van der Waals surface area contributed by atoms with E-state index in [1.807, 2.05) is 20.8 Å². The zero-order valence-corrected chi connectivity index (χ0v) is 11.2. The van der Waals surface area contributed by atoms with Crippen molar-refractivity contribution < 1.29 is 9.15 Å². The molecule has 0 spiro atoms. The summed E-state index contributed by atoms with van der Waals surface area (Å²) >= 11 is 0. The van der Waals surface area contributed by atoms with E-state index < -0.39 is 0 Å². The molecule has 5 heteroatoms. The highest BCUT2D eigenvalue weighted by atomic mass is 16.5. The first-order valence-corrected chi connectivity index (χ1v) is 6.17. The third-order valence-corrected chi connectivity index (χ3v) is 2.08. The largest absolute Gasteiger partial charge is 0.423 e. The summed E-state index contributed by atoms with van der Waals surface area (Å²) in [5.41, 5.74) is -0.183. The van der Waals surface area contributed by atoms with Gasteiger partial charge in [-0.2, -0.15) is 0 Å². The molecular weight excluding hydrogens is 218 g/mol. The van der Waals surface area contributed by atoms with E-state index in [2.05, 4.69) is 22.4 Å². The number of nitrogens with zero attached hydrogens (tertiary/aromatic N) is 2. The predicted molar refractivity (Wildman–Crippen MR) is 65.7 cm³/mol. The van der Waals surface area contributed by atoms with Gasteiger partial charge in [-0.25, -0.2) is 0 Å². The van der Waals surface area contributed by atoms with Crippen molar-refractivity contribution in [3.05, 3.63) is 11.8 Å². The second kappa shape index (κ2) is 6.71. The molecular formula is C12H23N3O2. The summed E-state index contributed by atoms with van der Waals surface area (Å²) in [5.74, 6) is 1.21. The van der Waals surface area contributed by atoms with Crippen molar-refractivity contribution in [2.45, 2.75) is 52.7 Å². The summed E-state index contributed by atoms with van der Waals surface area (Å²) in [5, 5.41) is 11.2. The lowest BCUT2D eigenvalue weighted by molar-refractivity contribution is -0.0247. The molecule has 98 valence electrons. The molecule has 1 aromatic rings. The van der Waals surface area contributed by atoms with Crippen LogP contribution >= 0.6 is 0 Å². The maximum atomic E-state index is 5.56. The Hall–Kier alpha value is -0.940. The van der Waals surface area contributed by atoms with E-state index in [9.17, 15) is 0 Å². The highest BCUT2D eigenvalue weighted by Crippen LogP contribution is 2.11. The van der Waals surface area contributed by atoms with E-state index in [1.165, 1.54) is 0 Å². The Morgan fingerprint density at radius 1 is 1.18 bits per heavy atom. The molecule has 1 heterocycles. The van der Waals surface area contributed by atoms with Crippen molar-refractivity contribution >= 4 is 0 Å². The molecule has 0 saturated carbocycles. The Bertz CT molecular complexity index is 318. The van der Waals surface area contributed by atoms with Crippen LogP contribution in [-0.4, -0.2) is 28.9 Å². The molecule has 0 aromatic carbocycles. The van der Waals surface area contributed by atoms with Crippen LogP contribution in [0.15, 0.2) is 4.42 Å². The lowest BCUT2D eigenvalue weighted by atomic mass is 10.2. The minimum atomic E-state index is -0.183. The molecule has 1 aromatic heterocycles. The summed E-state index contributed by atoms with van der Waals surface area (Å²) in [6.07, 6.45) is 1.90. The van der Waals surface area contributed by atoms with Gasteiger partial charge in [0.25, 0.3) is 0 Å². The summed E-state index contributed by atoms with van der Waals surface area (Å²) in [6, 6.07) is 0. The monoisotopic (exact) mass is 241 g/mol. The Morgan fingerprint density at radius 2 is 1.88 bits per heavy atom. The molecule has 0 aliphatic carbocycles. The van der Waals surface area contributed by atoms with Gasteiger partial charge in [-0.1, -0.05) is 6.92 Å². The molecule has 0 aliphatic heterocycles. The quantitative estimate of drug-likeness (QED) is 0.739. The SMILES string of the molecule is CCCNCCc1nnc(COC(C)(C)C)o1. The fourth-order valence-electron chi connectivity index (χ4n) is 1.22. The highest BCUT2D eigenvalue weighted by Gasteiger charge is 2.13. The molecule has 0 unspecified atom stereocenters. The van der Waals surface area contributed by atoms with Crippen molar-refractivity contribution in [3.63, 3.8) is 0 Å². The second-order valence-electron chi connectivity index (χ2n) is 4.99. The van der Waals surface area contributed by atoms with Gasteiger partial charge in [0.15, 0.2) is 0 Å². The molecule has 0 saturated heterocycles. The van der Waals surface area contributed by atoms with E-state index in [0.717, 1.165) is 25.9 Å². The van der Waals surface area contributed by atoms with Crippen molar-refractivity contribution in [2.24, 2.45) is 0 Å². The van der Waals surface area contributed by atoms with Gasteiger partial charge in [0.05, 0.1) is 5.60 Å².